The first kappa shape index (κ1) is 21.0. The minimum Gasteiger partial charge on any atom is -0.497 e. The molecule has 0 spiro atoms. The fourth-order valence-corrected chi connectivity index (χ4v) is 3.62. The Balaban J connectivity index is 1.86. The zero-order chi connectivity index (χ0) is 22.7. The lowest BCUT2D eigenvalue weighted by molar-refractivity contribution is -0.119. The maximum atomic E-state index is 13.4. The quantitative estimate of drug-likeness (QED) is 0.469. The predicted molar refractivity (Wildman–Crippen MR) is 123 cm³/mol. The number of hydrogen-bond donors (Lipinski definition) is 0. The molecule has 0 radical (unpaired) electrons. The molecule has 0 saturated heterocycles. The van der Waals surface area contributed by atoms with E-state index in [1.807, 2.05) is 37.3 Å². The molecule has 0 saturated carbocycles. The first-order chi connectivity index (χ1) is 15.5. The summed E-state index contributed by atoms with van der Waals surface area (Å²) in [6.45, 7) is 1.86. The number of fused-ring (bicyclic) bond motifs is 1. The minimum atomic E-state index is -0.635. The predicted octanol–water partition coefficient (Wildman–Crippen LogP) is 2.61. The number of aromatic nitrogens is 3. The second-order valence-corrected chi connectivity index (χ2v) is 7.06. The number of rotatable bonds is 6. The lowest BCUT2D eigenvalue weighted by atomic mass is 10.2. The van der Waals surface area contributed by atoms with E-state index < -0.39 is 11.2 Å². The van der Waals surface area contributed by atoms with Gasteiger partial charge in [0.05, 0.1) is 18.2 Å². The zero-order valence-corrected chi connectivity index (χ0v) is 17.8. The van der Waals surface area contributed by atoms with Crippen LogP contribution in [0.1, 0.15) is 6.92 Å². The van der Waals surface area contributed by atoms with Crippen LogP contribution in [0.5, 0.6) is 5.75 Å². The fraction of sp³-hybridized carbons (Fsp3) is 0.167. The number of ether oxygens (including phenoxy) is 1. The molecule has 2 aromatic heterocycles. The van der Waals surface area contributed by atoms with Crippen LogP contribution in [-0.4, -0.2) is 33.7 Å². The number of anilines is 1. The summed E-state index contributed by atoms with van der Waals surface area (Å²) in [5, 5.41) is 0.249. The topological polar surface area (TPSA) is 86.4 Å². The SMILES string of the molecule is CCN(C(=O)Cn1c(=O)c2cccnc2n(-c2ccc(OC)cc2)c1=O)c1ccccc1. The van der Waals surface area contributed by atoms with Crippen LogP contribution >= 0.6 is 0 Å². The van der Waals surface area contributed by atoms with E-state index in [4.69, 9.17) is 4.74 Å². The molecule has 8 heteroatoms. The molecule has 4 rings (SSSR count). The van der Waals surface area contributed by atoms with Gasteiger partial charge in [-0.15, -0.1) is 0 Å². The van der Waals surface area contributed by atoms with Gasteiger partial charge < -0.3 is 9.64 Å². The number of hydrogen-bond acceptors (Lipinski definition) is 5. The van der Waals surface area contributed by atoms with E-state index in [-0.39, 0.29) is 23.5 Å². The highest BCUT2D eigenvalue weighted by Gasteiger charge is 2.20. The lowest BCUT2D eigenvalue weighted by Gasteiger charge is -2.22. The van der Waals surface area contributed by atoms with Gasteiger partial charge in [0.15, 0.2) is 5.65 Å². The van der Waals surface area contributed by atoms with Crippen LogP contribution in [0.4, 0.5) is 5.69 Å². The van der Waals surface area contributed by atoms with Crippen LogP contribution in [0.15, 0.2) is 82.5 Å². The van der Waals surface area contributed by atoms with Crippen molar-refractivity contribution in [3.8, 4) is 11.4 Å². The van der Waals surface area contributed by atoms with Crippen LogP contribution in [-0.2, 0) is 11.3 Å². The number of amides is 1. The molecule has 0 fully saturated rings. The summed E-state index contributed by atoms with van der Waals surface area (Å²) in [5.41, 5.74) is 0.248. The third kappa shape index (κ3) is 3.78. The second kappa shape index (κ2) is 8.89. The molecule has 162 valence electrons. The third-order valence-electron chi connectivity index (χ3n) is 5.21. The summed E-state index contributed by atoms with van der Waals surface area (Å²) in [6, 6.07) is 19.2. The normalized spacial score (nSPS) is 10.8. The maximum absolute atomic E-state index is 13.4. The highest BCUT2D eigenvalue weighted by atomic mass is 16.5. The van der Waals surface area contributed by atoms with Gasteiger partial charge in [-0.1, -0.05) is 18.2 Å². The van der Waals surface area contributed by atoms with Gasteiger partial charge in [-0.25, -0.2) is 18.9 Å². The van der Waals surface area contributed by atoms with Crippen molar-refractivity contribution in [3.63, 3.8) is 0 Å². The Hall–Kier alpha value is -4.20. The number of likely N-dealkylation sites (N-methyl/N-ethyl adjacent to an activating group) is 1. The molecule has 2 aromatic carbocycles. The van der Waals surface area contributed by atoms with Gasteiger partial charge in [-0.05, 0) is 55.5 Å². The number of nitrogens with zero attached hydrogens (tertiary/aromatic N) is 4. The van der Waals surface area contributed by atoms with Gasteiger partial charge in [0, 0.05) is 18.4 Å². The third-order valence-corrected chi connectivity index (χ3v) is 5.21. The Bertz CT molecular complexity index is 1380. The van der Waals surface area contributed by atoms with E-state index in [1.165, 1.54) is 15.7 Å². The molecule has 4 aromatic rings. The van der Waals surface area contributed by atoms with Gasteiger partial charge >= 0.3 is 5.69 Å². The summed E-state index contributed by atoms with van der Waals surface area (Å²) in [5.74, 6) is 0.270. The molecule has 32 heavy (non-hydrogen) atoms. The Morgan fingerprint density at radius 1 is 1.00 bits per heavy atom. The van der Waals surface area contributed by atoms with E-state index in [9.17, 15) is 14.4 Å². The monoisotopic (exact) mass is 430 g/mol. The van der Waals surface area contributed by atoms with Crippen LogP contribution in [0.3, 0.4) is 0 Å². The summed E-state index contributed by atoms with van der Waals surface area (Å²) in [7, 11) is 1.55. The molecule has 2 heterocycles. The maximum Gasteiger partial charge on any atom is 0.337 e. The molecule has 0 aliphatic rings. The Labute approximate surface area is 183 Å². The average Bonchev–Trinajstić information content (AvgIpc) is 2.83. The van der Waals surface area contributed by atoms with Crippen molar-refractivity contribution in [3.05, 3.63) is 93.8 Å². The number of methoxy groups -OCH3 is 1. The molecule has 0 atom stereocenters. The molecular weight excluding hydrogens is 408 g/mol. The first-order valence-corrected chi connectivity index (χ1v) is 10.2. The van der Waals surface area contributed by atoms with Crippen molar-refractivity contribution >= 4 is 22.6 Å². The van der Waals surface area contributed by atoms with Crippen LogP contribution in [0.2, 0.25) is 0 Å². The van der Waals surface area contributed by atoms with E-state index in [1.54, 1.807) is 43.5 Å². The second-order valence-electron chi connectivity index (χ2n) is 7.06. The van der Waals surface area contributed by atoms with Crippen molar-refractivity contribution < 1.29 is 9.53 Å². The molecule has 0 bridgehead atoms. The van der Waals surface area contributed by atoms with Crippen LogP contribution in [0, 0.1) is 0 Å². The van der Waals surface area contributed by atoms with E-state index in [0.717, 1.165) is 4.57 Å². The summed E-state index contributed by atoms with van der Waals surface area (Å²) in [4.78, 5) is 45.5. The molecule has 8 nitrogen and oxygen atoms in total. The van der Waals surface area contributed by atoms with E-state index in [2.05, 4.69) is 4.98 Å². The number of carbonyl (C=O) groups excluding carboxylic acids is 1. The molecular formula is C24H22N4O4. The number of benzene rings is 2. The van der Waals surface area contributed by atoms with Crippen LogP contribution < -0.4 is 20.9 Å². The summed E-state index contributed by atoms with van der Waals surface area (Å²) < 4.78 is 7.49. The van der Waals surface area contributed by atoms with E-state index in [0.29, 0.717) is 23.7 Å². The van der Waals surface area contributed by atoms with Gasteiger partial charge in [0.1, 0.15) is 12.3 Å². The van der Waals surface area contributed by atoms with Gasteiger partial charge in [-0.2, -0.15) is 0 Å². The van der Waals surface area contributed by atoms with Crippen molar-refractivity contribution in [2.75, 3.05) is 18.6 Å². The van der Waals surface area contributed by atoms with E-state index >= 15 is 0 Å². The molecule has 0 aliphatic heterocycles. The zero-order valence-electron chi connectivity index (χ0n) is 17.8. The van der Waals surface area contributed by atoms with Gasteiger partial charge in [0.2, 0.25) is 5.91 Å². The smallest absolute Gasteiger partial charge is 0.337 e. The van der Waals surface area contributed by atoms with Crippen molar-refractivity contribution in [1.29, 1.82) is 0 Å². The largest absolute Gasteiger partial charge is 0.497 e. The van der Waals surface area contributed by atoms with Crippen molar-refractivity contribution in [2.24, 2.45) is 0 Å². The summed E-state index contributed by atoms with van der Waals surface area (Å²) >= 11 is 0. The highest BCUT2D eigenvalue weighted by molar-refractivity contribution is 5.93. The standard InChI is InChI=1S/C24H22N4O4/c1-3-26(17-8-5-4-6-9-17)21(29)16-27-23(30)20-10-7-15-25-22(20)28(24(27)31)18-11-13-19(32-2)14-12-18/h4-15H,3,16H2,1-2H3. The van der Waals surface area contributed by atoms with Crippen LogP contribution in [0.25, 0.3) is 16.7 Å². The first-order valence-electron chi connectivity index (χ1n) is 10.2. The molecule has 0 unspecified atom stereocenters. The average molecular weight is 430 g/mol. The highest BCUT2D eigenvalue weighted by Crippen LogP contribution is 2.17. The lowest BCUT2D eigenvalue weighted by Crippen LogP contribution is -2.44. The molecule has 0 aliphatic carbocycles. The fourth-order valence-electron chi connectivity index (χ4n) is 3.62. The Morgan fingerprint density at radius 3 is 2.38 bits per heavy atom. The van der Waals surface area contributed by atoms with Crippen molar-refractivity contribution in [1.82, 2.24) is 14.1 Å². The summed E-state index contributed by atoms with van der Waals surface area (Å²) in [6.07, 6.45) is 1.52. The Kier molecular flexibility index (Phi) is 5.85. The van der Waals surface area contributed by atoms with Gasteiger partial charge in [0.25, 0.3) is 5.56 Å². The molecule has 0 N–H and O–H groups in total. The Morgan fingerprint density at radius 2 is 1.72 bits per heavy atom. The number of pyridine rings is 1. The van der Waals surface area contributed by atoms with Gasteiger partial charge in [-0.3, -0.25) is 9.59 Å². The minimum absolute atomic E-state index is 0.228. The number of carbonyl (C=O) groups is 1. The van der Waals surface area contributed by atoms with Crippen molar-refractivity contribution in [2.45, 2.75) is 13.5 Å². The number of para-hydroxylation sites is 1. The molecule has 1 amide bonds.